The van der Waals surface area contributed by atoms with Gasteiger partial charge in [-0.3, -0.25) is 0 Å². The summed E-state index contributed by atoms with van der Waals surface area (Å²) < 4.78 is 5.08. The maximum atomic E-state index is 8.49. The van der Waals surface area contributed by atoms with Crippen LogP contribution in [0.3, 0.4) is 0 Å². The van der Waals surface area contributed by atoms with E-state index in [9.17, 15) is 0 Å². The first-order valence-electron chi connectivity index (χ1n) is 5.76. The molecule has 1 aromatic heterocycles. The van der Waals surface area contributed by atoms with E-state index in [0.717, 1.165) is 11.3 Å². The number of thioether (sulfide) groups is 1. The number of rotatable bonds is 5. The van der Waals surface area contributed by atoms with Crippen molar-refractivity contribution in [2.75, 3.05) is 5.75 Å². The average Bonchev–Trinajstić information content (AvgIpc) is 2.86. The van der Waals surface area contributed by atoms with E-state index in [4.69, 9.17) is 9.78 Å². The first-order chi connectivity index (χ1) is 8.83. The molecule has 5 heteroatoms. The van der Waals surface area contributed by atoms with E-state index in [2.05, 4.69) is 35.3 Å². The van der Waals surface area contributed by atoms with E-state index in [1.165, 1.54) is 4.90 Å². The minimum absolute atomic E-state index is 0.397. The summed E-state index contributed by atoms with van der Waals surface area (Å²) in [7, 11) is 0. The smallest absolute Gasteiger partial charge is 0.227 e. The van der Waals surface area contributed by atoms with Gasteiger partial charge in [0.1, 0.15) is 0 Å². The van der Waals surface area contributed by atoms with E-state index in [1.54, 1.807) is 11.8 Å². The standard InChI is InChI=1S/C13H13N3OS/c1-2-18-11-7-5-10(6-8-11)13-15-12(17-16-13)4-3-9-14/h5-8H,2-4H2,1H3. The molecule has 2 aromatic rings. The highest BCUT2D eigenvalue weighted by Crippen LogP contribution is 2.22. The van der Waals surface area contributed by atoms with Gasteiger partial charge in [0.25, 0.3) is 0 Å². The Labute approximate surface area is 110 Å². The van der Waals surface area contributed by atoms with Crippen molar-refractivity contribution in [3.05, 3.63) is 30.2 Å². The third-order valence-corrected chi connectivity index (χ3v) is 3.24. The molecule has 0 aliphatic rings. The van der Waals surface area contributed by atoms with Gasteiger partial charge in [0.15, 0.2) is 0 Å². The van der Waals surface area contributed by atoms with Crippen molar-refractivity contribution in [1.29, 1.82) is 5.26 Å². The topological polar surface area (TPSA) is 62.7 Å². The SMILES string of the molecule is CCSc1ccc(-c2noc(CCC#N)n2)cc1. The van der Waals surface area contributed by atoms with Crippen molar-refractivity contribution in [2.24, 2.45) is 0 Å². The normalized spacial score (nSPS) is 10.2. The Balaban J connectivity index is 2.11. The third-order valence-electron chi connectivity index (χ3n) is 2.34. The van der Waals surface area contributed by atoms with Crippen molar-refractivity contribution in [3.63, 3.8) is 0 Å². The molecular formula is C13H13N3OS. The number of aromatic nitrogens is 2. The number of nitrogens with zero attached hydrogens (tertiary/aromatic N) is 3. The average molecular weight is 259 g/mol. The van der Waals surface area contributed by atoms with Gasteiger partial charge >= 0.3 is 0 Å². The van der Waals surface area contributed by atoms with Gasteiger partial charge in [0.2, 0.25) is 11.7 Å². The maximum absolute atomic E-state index is 8.49. The van der Waals surface area contributed by atoms with Crippen LogP contribution < -0.4 is 0 Å². The highest BCUT2D eigenvalue weighted by Gasteiger charge is 2.08. The van der Waals surface area contributed by atoms with E-state index in [1.807, 2.05) is 12.1 Å². The molecule has 1 heterocycles. The monoisotopic (exact) mass is 259 g/mol. The second-order valence-corrected chi connectivity index (χ2v) is 4.96. The fourth-order valence-corrected chi connectivity index (χ4v) is 2.17. The van der Waals surface area contributed by atoms with Crippen LogP contribution >= 0.6 is 11.8 Å². The summed E-state index contributed by atoms with van der Waals surface area (Å²) in [6.45, 7) is 2.12. The molecule has 0 saturated carbocycles. The Kier molecular flexibility index (Phi) is 4.37. The van der Waals surface area contributed by atoms with Gasteiger partial charge in [-0.05, 0) is 30.0 Å². The first-order valence-corrected chi connectivity index (χ1v) is 6.75. The van der Waals surface area contributed by atoms with Crippen molar-refractivity contribution < 1.29 is 4.52 Å². The predicted octanol–water partition coefficient (Wildman–Crippen LogP) is 3.30. The van der Waals surface area contributed by atoms with Gasteiger partial charge in [0, 0.05) is 23.3 Å². The minimum atomic E-state index is 0.397. The fraction of sp³-hybridized carbons (Fsp3) is 0.308. The second kappa shape index (κ2) is 6.22. The largest absolute Gasteiger partial charge is 0.339 e. The lowest BCUT2D eigenvalue weighted by atomic mass is 10.2. The molecule has 0 N–H and O–H groups in total. The van der Waals surface area contributed by atoms with Gasteiger partial charge in [-0.25, -0.2) is 0 Å². The van der Waals surface area contributed by atoms with Crippen LogP contribution in [0.1, 0.15) is 19.2 Å². The number of benzene rings is 1. The highest BCUT2D eigenvalue weighted by molar-refractivity contribution is 7.99. The lowest BCUT2D eigenvalue weighted by Crippen LogP contribution is -1.84. The van der Waals surface area contributed by atoms with Crippen LogP contribution in [0.25, 0.3) is 11.4 Å². The van der Waals surface area contributed by atoms with E-state index in [0.29, 0.717) is 24.6 Å². The Hall–Kier alpha value is -1.80. The fourth-order valence-electron chi connectivity index (χ4n) is 1.50. The maximum Gasteiger partial charge on any atom is 0.227 e. The van der Waals surface area contributed by atoms with Crippen molar-refractivity contribution in [3.8, 4) is 17.5 Å². The summed E-state index contributed by atoms with van der Waals surface area (Å²) in [6, 6.07) is 10.1. The summed E-state index contributed by atoms with van der Waals surface area (Å²) in [6.07, 6.45) is 0.904. The molecule has 0 saturated heterocycles. The zero-order chi connectivity index (χ0) is 12.8. The zero-order valence-electron chi connectivity index (χ0n) is 10.1. The molecule has 0 fully saturated rings. The lowest BCUT2D eigenvalue weighted by molar-refractivity contribution is 0.380. The molecule has 0 aliphatic carbocycles. The molecule has 0 aliphatic heterocycles. The predicted molar refractivity (Wildman–Crippen MR) is 70.1 cm³/mol. The van der Waals surface area contributed by atoms with Gasteiger partial charge in [0.05, 0.1) is 6.07 Å². The molecule has 1 aromatic carbocycles. The molecule has 0 amide bonds. The second-order valence-electron chi connectivity index (χ2n) is 3.63. The number of hydrogen-bond acceptors (Lipinski definition) is 5. The van der Waals surface area contributed by atoms with Gasteiger partial charge in [-0.15, -0.1) is 11.8 Å². The summed E-state index contributed by atoms with van der Waals surface area (Å²) in [5.41, 5.74) is 0.933. The van der Waals surface area contributed by atoms with Crippen LogP contribution in [0.5, 0.6) is 0 Å². The third kappa shape index (κ3) is 3.11. The molecule has 0 radical (unpaired) electrons. The highest BCUT2D eigenvalue weighted by atomic mass is 32.2. The summed E-state index contributed by atoms with van der Waals surface area (Å²) in [4.78, 5) is 5.49. The van der Waals surface area contributed by atoms with Crippen LogP contribution in [0.4, 0.5) is 0 Å². The summed E-state index contributed by atoms with van der Waals surface area (Å²) in [5, 5.41) is 12.4. The zero-order valence-corrected chi connectivity index (χ0v) is 10.9. The minimum Gasteiger partial charge on any atom is -0.339 e. The molecule has 0 bridgehead atoms. The molecule has 0 unspecified atom stereocenters. The van der Waals surface area contributed by atoms with Crippen LogP contribution in [0.15, 0.2) is 33.7 Å². The number of aryl methyl sites for hydroxylation is 1. The lowest BCUT2D eigenvalue weighted by Gasteiger charge is -1.98. The molecule has 18 heavy (non-hydrogen) atoms. The Bertz CT molecular complexity index is 542. The van der Waals surface area contributed by atoms with Crippen molar-refractivity contribution in [1.82, 2.24) is 10.1 Å². The van der Waals surface area contributed by atoms with Crippen molar-refractivity contribution in [2.45, 2.75) is 24.7 Å². The molecule has 2 rings (SSSR count). The summed E-state index contributed by atoms with van der Waals surface area (Å²) >= 11 is 1.80. The first kappa shape index (κ1) is 12.7. The Morgan fingerprint density at radius 3 is 2.78 bits per heavy atom. The van der Waals surface area contributed by atoms with Gasteiger partial charge in [-0.2, -0.15) is 10.2 Å². The van der Waals surface area contributed by atoms with Gasteiger partial charge in [-0.1, -0.05) is 12.1 Å². The van der Waals surface area contributed by atoms with E-state index >= 15 is 0 Å². The quantitative estimate of drug-likeness (QED) is 0.771. The number of nitriles is 1. The number of hydrogen-bond donors (Lipinski definition) is 0. The van der Waals surface area contributed by atoms with Crippen molar-refractivity contribution >= 4 is 11.8 Å². The molecular weight excluding hydrogens is 246 g/mol. The van der Waals surface area contributed by atoms with E-state index < -0.39 is 0 Å². The molecule has 0 atom stereocenters. The van der Waals surface area contributed by atoms with Crippen LogP contribution in [-0.2, 0) is 6.42 Å². The van der Waals surface area contributed by atoms with Crippen LogP contribution in [0.2, 0.25) is 0 Å². The molecule has 92 valence electrons. The molecule has 4 nitrogen and oxygen atoms in total. The Morgan fingerprint density at radius 1 is 1.33 bits per heavy atom. The van der Waals surface area contributed by atoms with E-state index in [-0.39, 0.29) is 0 Å². The van der Waals surface area contributed by atoms with Crippen LogP contribution in [0, 0.1) is 11.3 Å². The molecule has 0 spiro atoms. The van der Waals surface area contributed by atoms with Gasteiger partial charge < -0.3 is 4.52 Å². The Morgan fingerprint density at radius 2 is 2.11 bits per heavy atom. The van der Waals surface area contributed by atoms with Crippen LogP contribution in [-0.4, -0.2) is 15.9 Å². The summed E-state index contributed by atoms with van der Waals surface area (Å²) in [5.74, 6) is 2.15.